The van der Waals surface area contributed by atoms with E-state index >= 15 is 0 Å². The number of amides is 3. The molecule has 0 radical (unpaired) electrons. The number of piperazine rings is 1. The van der Waals surface area contributed by atoms with E-state index in [0.717, 1.165) is 63.7 Å². The van der Waals surface area contributed by atoms with E-state index in [1.807, 2.05) is 41.3 Å². The van der Waals surface area contributed by atoms with Crippen LogP contribution < -0.4 is 10.6 Å². The van der Waals surface area contributed by atoms with Gasteiger partial charge in [-0.3, -0.25) is 9.59 Å². The third-order valence-corrected chi connectivity index (χ3v) is 8.37. The first kappa shape index (κ1) is 30.6. The van der Waals surface area contributed by atoms with Gasteiger partial charge in [-0.15, -0.1) is 0 Å². The van der Waals surface area contributed by atoms with Crippen LogP contribution in [0.3, 0.4) is 0 Å². The summed E-state index contributed by atoms with van der Waals surface area (Å²) in [5.74, 6) is 0.0777. The number of benzene rings is 2. The molecular formula is C33H46N4O4. The Balaban J connectivity index is 1.16. The maximum absolute atomic E-state index is 13.6. The number of unbranched alkanes of at least 4 members (excludes halogenated alkanes) is 2. The predicted molar refractivity (Wildman–Crippen MR) is 160 cm³/mol. The fraction of sp³-hybridized carbons (Fsp3) is 0.545. The number of alkyl carbamates (subject to hydrolysis) is 1. The van der Waals surface area contributed by atoms with Gasteiger partial charge < -0.3 is 25.2 Å². The van der Waals surface area contributed by atoms with Crippen molar-refractivity contribution in [3.8, 4) is 0 Å². The van der Waals surface area contributed by atoms with Crippen molar-refractivity contribution in [2.75, 3.05) is 32.7 Å². The quantitative estimate of drug-likeness (QED) is 0.327. The zero-order valence-corrected chi connectivity index (χ0v) is 24.5. The van der Waals surface area contributed by atoms with Crippen molar-refractivity contribution in [1.29, 1.82) is 0 Å². The molecule has 222 valence electrons. The summed E-state index contributed by atoms with van der Waals surface area (Å²) in [5, 5.41) is 5.88. The van der Waals surface area contributed by atoms with Crippen LogP contribution in [-0.4, -0.2) is 72.0 Å². The molecule has 41 heavy (non-hydrogen) atoms. The van der Waals surface area contributed by atoms with Crippen LogP contribution in [0.1, 0.15) is 69.4 Å². The minimum atomic E-state index is -0.719. The first-order chi connectivity index (χ1) is 20.0. The van der Waals surface area contributed by atoms with E-state index in [-0.39, 0.29) is 18.4 Å². The lowest BCUT2D eigenvalue weighted by Gasteiger charge is -2.51. The molecule has 1 atom stereocenters. The Labute approximate surface area is 244 Å². The Hall–Kier alpha value is -3.39. The molecule has 2 aromatic carbocycles. The van der Waals surface area contributed by atoms with Crippen LogP contribution in [0.25, 0.3) is 0 Å². The molecule has 1 spiro atoms. The summed E-state index contributed by atoms with van der Waals surface area (Å²) in [6, 6.07) is 19.7. The van der Waals surface area contributed by atoms with E-state index in [2.05, 4.69) is 46.7 Å². The van der Waals surface area contributed by atoms with E-state index < -0.39 is 17.7 Å². The Morgan fingerprint density at radius 1 is 0.927 bits per heavy atom. The highest BCUT2D eigenvalue weighted by atomic mass is 16.5. The SMILES string of the molecule is CCCN1C(=O)[C@@H](CCCCCNC(=O)OCc2ccccc2)NC(=O)C12CCN(CCCc1ccccc1)CC2. The van der Waals surface area contributed by atoms with Crippen LogP contribution in [0.15, 0.2) is 60.7 Å². The molecule has 2 saturated heterocycles. The predicted octanol–water partition coefficient (Wildman–Crippen LogP) is 4.68. The maximum atomic E-state index is 13.6. The molecular weight excluding hydrogens is 516 g/mol. The first-order valence-corrected chi connectivity index (χ1v) is 15.3. The lowest BCUT2D eigenvalue weighted by atomic mass is 9.81. The van der Waals surface area contributed by atoms with Crippen molar-refractivity contribution in [2.24, 2.45) is 0 Å². The summed E-state index contributed by atoms with van der Waals surface area (Å²) >= 11 is 0. The van der Waals surface area contributed by atoms with Crippen LogP contribution in [0.5, 0.6) is 0 Å². The number of hydrogen-bond donors (Lipinski definition) is 2. The molecule has 2 aliphatic rings. The molecule has 8 heteroatoms. The van der Waals surface area contributed by atoms with Gasteiger partial charge in [0.2, 0.25) is 11.8 Å². The van der Waals surface area contributed by atoms with Gasteiger partial charge in [0.05, 0.1) is 0 Å². The number of carbonyl (C=O) groups excluding carboxylic acids is 3. The Morgan fingerprint density at radius 3 is 2.29 bits per heavy atom. The average Bonchev–Trinajstić information content (AvgIpc) is 3.00. The van der Waals surface area contributed by atoms with Gasteiger partial charge >= 0.3 is 6.09 Å². The lowest BCUT2D eigenvalue weighted by Crippen LogP contribution is -2.72. The summed E-state index contributed by atoms with van der Waals surface area (Å²) in [5.41, 5.74) is 1.59. The molecule has 3 amide bonds. The van der Waals surface area contributed by atoms with Gasteiger partial charge in [-0.05, 0) is 62.6 Å². The molecule has 2 fully saturated rings. The van der Waals surface area contributed by atoms with Gasteiger partial charge in [-0.25, -0.2) is 4.79 Å². The topological polar surface area (TPSA) is 91.0 Å². The number of nitrogens with zero attached hydrogens (tertiary/aromatic N) is 2. The summed E-state index contributed by atoms with van der Waals surface area (Å²) < 4.78 is 5.24. The van der Waals surface area contributed by atoms with Crippen molar-refractivity contribution in [3.05, 3.63) is 71.8 Å². The lowest BCUT2D eigenvalue weighted by molar-refractivity contribution is -0.161. The highest BCUT2D eigenvalue weighted by Crippen LogP contribution is 2.34. The normalized spacial score (nSPS) is 18.8. The van der Waals surface area contributed by atoms with Crippen LogP contribution in [0.4, 0.5) is 4.79 Å². The van der Waals surface area contributed by atoms with E-state index in [0.29, 0.717) is 32.4 Å². The molecule has 0 bridgehead atoms. The zero-order chi connectivity index (χ0) is 28.9. The molecule has 2 aliphatic heterocycles. The molecule has 0 aromatic heterocycles. The molecule has 8 nitrogen and oxygen atoms in total. The number of piperidine rings is 1. The molecule has 0 saturated carbocycles. The highest BCUT2D eigenvalue weighted by molar-refractivity contribution is 6.00. The number of aryl methyl sites for hydroxylation is 1. The number of hydrogen-bond acceptors (Lipinski definition) is 5. The minimum Gasteiger partial charge on any atom is -0.445 e. The summed E-state index contributed by atoms with van der Waals surface area (Å²) in [6.07, 6.45) is 7.00. The van der Waals surface area contributed by atoms with Gasteiger partial charge in [0.1, 0.15) is 18.2 Å². The smallest absolute Gasteiger partial charge is 0.407 e. The first-order valence-electron chi connectivity index (χ1n) is 15.3. The number of nitrogens with one attached hydrogen (secondary N) is 2. The van der Waals surface area contributed by atoms with Crippen molar-refractivity contribution < 1.29 is 19.1 Å². The molecule has 4 rings (SSSR count). The highest BCUT2D eigenvalue weighted by Gasteiger charge is 2.52. The standard InChI is InChI=1S/C33H46N4O4/c1-2-22-37-30(38)29(18-10-5-11-21-34-32(40)41-26-28-15-8-4-9-16-28)35-31(39)33(37)19-24-36(25-20-33)23-12-17-27-13-6-3-7-14-27/h3-4,6-9,13-16,29H,2,5,10-12,17-26H2,1H3,(H,34,40)(H,35,39)/t29-/m1/s1. The summed E-state index contributed by atoms with van der Waals surface area (Å²) in [7, 11) is 0. The van der Waals surface area contributed by atoms with Crippen molar-refractivity contribution in [3.63, 3.8) is 0 Å². The van der Waals surface area contributed by atoms with Crippen molar-refractivity contribution in [2.45, 2.75) is 82.9 Å². The van der Waals surface area contributed by atoms with E-state index in [1.54, 1.807) is 0 Å². The minimum absolute atomic E-state index is 0.0160. The number of likely N-dealkylation sites (tertiary alicyclic amines) is 1. The van der Waals surface area contributed by atoms with Crippen LogP contribution in [-0.2, 0) is 27.4 Å². The average molecular weight is 563 g/mol. The van der Waals surface area contributed by atoms with Crippen molar-refractivity contribution in [1.82, 2.24) is 20.4 Å². The van der Waals surface area contributed by atoms with E-state index in [4.69, 9.17) is 4.74 Å². The fourth-order valence-electron chi connectivity index (χ4n) is 6.03. The second-order valence-corrected chi connectivity index (χ2v) is 11.3. The largest absolute Gasteiger partial charge is 0.445 e. The zero-order valence-electron chi connectivity index (χ0n) is 24.5. The number of rotatable bonds is 14. The Bertz CT molecular complexity index is 1100. The van der Waals surface area contributed by atoms with Gasteiger partial charge in [-0.2, -0.15) is 0 Å². The van der Waals surface area contributed by atoms with E-state index in [9.17, 15) is 14.4 Å². The monoisotopic (exact) mass is 562 g/mol. The second kappa shape index (κ2) is 15.6. The number of ether oxygens (including phenoxy) is 1. The van der Waals surface area contributed by atoms with E-state index in [1.165, 1.54) is 5.56 Å². The molecule has 0 aliphatic carbocycles. The summed E-state index contributed by atoms with van der Waals surface area (Å²) in [6.45, 7) is 6.13. The molecule has 2 aromatic rings. The van der Waals surface area contributed by atoms with Crippen LogP contribution in [0.2, 0.25) is 0 Å². The van der Waals surface area contributed by atoms with Crippen LogP contribution in [0, 0.1) is 0 Å². The molecule has 2 N–H and O–H groups in total. The second-order valence-electron chi connectivity index (χ2n) is 11.3. The summed E-state index contributed by atoms with van der Waals surface area (Å²) in [4.78, 5) is 43.3. The Kier molecular flexibility index (Phi) is 11.6. The van der Waals surface area contributed by atoms with Crippen molar-refractivity contribution >= 4 is 17.9 Å². The van der Waals surface area contributed by atoms with Crippen LogP contribution >= 0.6 is 0 Å². The van der Waals surface area contributed by atoms with Gasteiger partial charge in [0.25, 0.3) is 0 Å². The number of carbonyl (C=O) groups is 3. The van der Waals surface area contributed by atoms with Gasteiger partial charge in [0, 0.05) is 26.2 Å². The molecule has 0 unspecified atom stereocenters. The fourth-order valence-corrected chi connectivity index (χ4v) is 6.03. The van der Waals surface area contributed by atoms with Gasteiger partial charge in [-0.1, -0.05) is 80.4 Å². The molecule has 2 heterocycles. The Morgan fingerprint density at radius 2 is 1.61 bits per heavy atom. The van der Waals surface area contributed by atoms with Gasteiger partial charge in [0.15, 0.2) is 0 Å². The third-order valence-electron chi connectivity index (χ3n) is 8.37. The maximum Gasteiger partial charge on any atom is 0.407 e. The third kappa shape index (κ3) is 8.55.